The summed E-state index contributed by atoms with van der Waals surface area (Å²) in [5.74, 6) is 0. The van der Waals surface area contributed by atoms with Gasteiger partial charge in [0.05, 0.1) is 27.6 Å². The summed E-state index contributed by atoms with van der Waals surface area (Å²) in [7, 11) is 0. The third kappa shape index (κ3) is 2.90. The van der Waals surface area contributed by atoms with E-state index < -0.39 is 0 Å². The summed E-state index contributed by atoms with van der Waals surface area (Å²) in [5, 5.41) is 8.37. The molecule has 5 heteroatoms. The Morgan fingerprint density at radius 1 is 0.442 bits per heavy atom. The number of fused-ring (bicyclic) bond motifs is 14. The van der Waals surface area contributed by atoms with Gasteiger partial charge < -0.3 is 9.13 Å². The molecule has 5 aromatic carbocycles. The second-order valence-corrected chi connectivity index (χ2v) is 11.1. The minimum absolute atomic E-state index is 0.916. The molecule has 0 bridgehead atoms. The molecule has 0 aliphatic heterocycles. The molecule has 0 saturated heterocycles. The summed E-state index contributed by atoms with van der Waals surface area (Å²) >= 11 is 0. The first-order chi connectivity index (χ1) is 21.4. The number of pyridine rings is 2. The number of nitrogens with zero attached hydrogens (tertiary/aromatic N) is 5. The average Bonchev–Trinajstić information content (AvgIpc) is 3.78. The van der Waals surface area contributed by atoms with Gasteiger partial charge in [-0.05, 0) is 53.9 Å². The van der Waals surface area contributed by atoms with E-state index in [0.29, 0.717) is 0 Å². The lowest BCUT2D eigenvalue weighted by atomic mass is 10.0. The summed E-state index contributed by atoms with van der Waals surface area (Å²) in [6, 6.07) is 41.4. The minimum Gasteiger partial charge on any atom is -0.309 e. The monoisotopic (exact) mass is 549 g/mol. The van der Waals surface area contributed by atoms with Crippen LogP contribution in [-0.2, 0) is 0 Å². The fraction of sp³-hybridized carbons (Fsp3) is 0. The number of rotatable bonds is 2. The first kappa shape index (κ1) is 22.7. The van der Waals surface area contributed by atoms with Gasteiger partial charge in [0.2, 0.25) is 0 Å². The zero-order valence-corrected chi connectivity index (χ0v) is 23.0. The first-order valence-corrected chi connectivity index (χ1v) is 14.5. The van der Waals surface area contributed by atoms with E-state index in [-0.39, 0.29) is 0 Å². The van der Waals surface area contributed by atoms with Gasteiger partial charge in [0.25, 0.3) is 0 Å². The second kappa shape index (κ2) is 8.30. The minimum atomic E-state index is 0.916. The van der Waals surface area contributed by atoms with Crippen LogP contribution in [0.25, 0.3) is 82.3 Å². The lowest BCUT2D eigenvalue weighted by Gasteiger charge is -2.13. The van der Waals surface area contributed by atoms with Crippen LogP contribution in [0.5, 0.6) is 0 Å². The molecular weight excluding hydrogens is 526 g/mol. The Bertz CT molecular complexity index is 2710. The Kier molecular flexibility index (Phi) is 4.39. The van der Waals surface area contributed by atoms with Crippen molar-refractivity contribution in [2.24, 2.45) is 0 Å². The molecule has 10 aromatic rings. The Morgan fingerprint density at radius 2 is 1.12 bits per heavy atom. The molecule has 5 aromatic heterocycles. The van der Waals surface area contributed by atoms with Crippen molar-refractivity contribution < 1.29 is 0 Å². The van der Waals surface area contributed by atoms with Crippen LogP contribution in [0.15, 0.2) is 140 Å². The predicted molar refractivity (Wildman–Crippen MR) is 177 cm³/mol. The van der Waals surface area contributed by atoms with Crippen molar-refractivity contribution in [1.29, 1.82) is 0 Å². The molecule has 0 radical (unpaired) electrons. The van der Waals surface area contributed by atoms with Crippen molar-refractivity contribution in [2.45, 2.75) is 0 Å². The lowest BCUT2D eigenvalue weighted by molar-refractivity contribution is 1.17. The summed E-state index contributed by atoms with van der Waals surface area (Å²) in [6.45, 7) is 0. The maximum atomic E-state index is 4.80. The number of hydrogen-bond donors (Lipinski definition) is 0. The molecule has 0 atom stereocenters. The highest BCUT2D eigenvalue weighted by atomic mass is 15.0. The Labute approximate surface area is 245 Å². The van der Waals surface area contributed by atoms with E-state index in [1.54, 1.807) is 0 Å². The van der Waals surface area contributed by atoms with Crippen LogP contribution < -0.4 is 0 Å². The van der Waals surface area contributed by atoms with Gasteiger partial charge in [0, 0.05) is 68.5 Å². The lowest BCUT2D eigenvalue weighted by Crippen LogP contribution is -1.98. The summed E-state index contributed by atoms with van der Waals surface area (Å²) in [6.07, 6.45) is 7.77. The standard InChI is InChI=1S/C38H23N5/c1-3-9-24(10-4-1)42-31-14-8-7-13-28(31)34-32(42)17-18-33-35(34)29-16-15-27-26-19-20-39-23-30(26)38-40-21-22-41(38)36(27)37(29)43(33)25-11-5-2-6-12-25/h1-23H. The van der Waals surface area contributed by atoms with Crippen LogP contribution >= 0.6 is 0 Å². The molecule has 0 saturated carbocycles. The molecule has 0 unspecified atom stereocenters. The van der Waals surface area contributed by atoms with Gasteiger partial charge >= 0.3 is 0 Å². The molecule has 0 aliphatic rings. The number of aromatic nitrogens is 5. The van der Waals surface area contributed by atoms with Crippen LogP contribution in [-0.4, -0.2) is 23.5 Å². The SMILES string of the molecule is c1ccc(-n2c3ccccc3c3c4c5ccc6c7ccncc7c7nccn7c6c5n(-c5ccccc5)c4ccc32)cc1. The van der Waals surface area contributed by atoms with Gasteiger partial charge in [0.1, 0.15) is 5.65 Å². The summed E-state index contributed by atoms with van der Waals surface area (Å²) in [5.41, 5.74) is 9.10. The average molecular weight is 550 g/mol. The van der Waals surface area contributed by atoms with Gasteiger partial charge in [-0.1, -0.05) is 66.7 Å². The van der Waals surface area contributed by atoms with Gasteiger partial charge in [0.15, 0.2) is 0 Å². The molecule has 0 spiro atoms. The maximum Gasteiger partial charge on any atom is 0.146 e. The number of imidazole rings is 1. The molecule has 0 amide bonds. The normalized spacial score (nSPS) is 12.2. The molecule has 5 nitrogen and oxygen atoms in total. The second-order valence-electron chi connectivity index (χ2n) is 11.1. The predicted octanol–water partition coefficient (Wildman–Crippen LogP) is 9.23. The fourth-order valence-corrected chi connectivity index (χ4v) is 7.29. The van der Waals surface area contributed by atoms with Crippen molar-refractivity contribution in [2.75, 3.05) is 0 Å². The van der Waals surface area contributed by atoms with Crippen molar-refractivity contribution in [3.05, 3.63) is 140 Å². The number of hydrogen-bond acceptors (Lipinski definition) is 2. The molecule has 200 valence electrons. The van der Waals surface area contributed by atoms with E-state index in [4.69, 9.17) is 4.98 Å². The maximum absolute atomic E-state index is 4.80. The van der Waals surface area contributed by atoms with Crippen molar-refractivity contribution in [3.63, 3.8) is 0 Å². The van der Waals surface area contributed by atoms with Crippen LogP contribution in [0, 0.1) is 0 Å². The zero-order valence-electron chi connectivity index (χ0n) is 23.0. The third-order valence-electron chi connectivity index (χ3n) is 8.96. The van der Waals surface area contributed by atoms with Gasteiger partial charge in [-0.3, -0.25) is 9.38 Å². The number of para-hydroxylation sites is 3. The van der Waals surface area contributed by atoms with Crippen LogP contribution in [0.1, 0.15) is 0 Å². The van der Waals surface area contributed by atoms with E-state index in [9.17, 15) is 0 Å². The van der Waals surface area contributed by atoms with Crippen molar-refractivity contribution >= 4 is 70.9 Å². The molecule has 0 N–H and O–H groups in total. The van der Waals surface area contributed by atoms with E-state index in [2.05, 4.69) is 140 Å². The summed E-state index contributed by atoms with van der Waals surface area (Å²) < 4.78 is 7.07. The van der Waals surface area contributed by atoms with Crippen LogP contribution in [0.3, 0.4) is 0 Å². The summed E-state index contributed by atoms with van der Waals surface area (Å²) in [4.78, 5) is 9.24. The fourth-order valence-electron chi connectivity index (χ4n) is 7.29. The molecule has 43 heavy (non-hydrogen) atoms. The zero-order chi connectivity index (χ0) is 28.1. The quantitative estimate of drug-likeness (QED) is 0.202. The van der Waals surface area contributed by atoms with E-state index >= 15 is 0 Å². The highest BCUT2D eigenvalue weighted by Crippen LogP contribution is 2.45. The van der Waals surface area contributed by atoms with E-state index in [0.717, 1.165) is 33.3 Å². The smallest absolute Gasteiger partial charge is 0.146 e. The van der Waals surface area contributed by atoms with Crippen LogP contribution in [0.2, 0.25) is 0 Å². The molecule has 0 aliphatic carbocycles. The highest BCUT2D eigenvalue weighted by Gasteiger charge is 2.23. The topological polar surface area (TPSA) is 40.1 Å². The molecule has 10 rings (SSSR count). The van der Waals surface area contributed by atoms with Gasteiger partial charge in [-0.25, -0.2) is 4.98 Å². The van der Waals surface area contributed by atoms with E-state index in [1.807, 2.05) is 18.6 Å². The Hall–Kier alpha value is -5.94. The van der Waals surface area contributed by atoms with Crippen LogP contribution in [0.4, 0.5) is 0 Å². The Balaban J connectivity index is 1.51. The molecule has 5 heterocycles. The first-order valence-electron chi connectivity index (χ1n) is 14.5. The third-order valence-corrected chi connectivity index (χ3v) is 8.96. The van der Waals surface area contributed by atoms with Gasteiger partial charge in [-0.2, -0.15) is 0 Å². The Morgan fingerprint density at radius 3 is 1.93 bits per heavy atom. The number of benzene rings is 5. The highest BCUT2D eigenvalue weighted by molar-refractivity contribution is 6.32. The van der Waals surface area contributed by atoms with Crippen molar-refractivity contribution in [1.82, 2.24) is 23.5 Å². The van der Waals surface area contributed by atoms with Gasteiger partial charge in [-0.15, -0.1) is 0 Å². The largest absolute Gasteiger partial charge is 0.309 e. The van der Waals surface area contributed by atoms with E-state index in [1.165, 1.54) is 49.0 Å². The van der Waals surface area contributed by atoms with Crippen molar-refractivity contribution in [3.8, 4) is 11.4 Å². The molecular formula is C38H23N5. The molecule has 0 fully saturated rings.